The van der Waals surface area contributed by atoms with Crippen molar-refractivity contribution in [2.24, 2.45) is 0 Å². The fourth-order valence-corrected chi connectivity index (χ4v) is 5.08. The van der Waals surface area contributed by atoms with Crippen LogP contribution < -0.4 is 4.72 Å². The summed E-state index contributed by atoms with van der Waals surface area (Å²) in [6.45, 7) is 3.27. The van der Waals surface area contributed by atoms with Gasteiger partial charge in [0.15, 0.2) is 0 Å². The number of hydrogen-bond donors (Lipinski definition) is 1. The molecule has 10 heteroatoms. The van der Waals surface area contributed by atoms with Gasteiger partial charge in [0, 0.05) is 22.5 Å². The summed E-state index contributed by atoms with van der Waals surface area (Å²) in [6, 6.07) is 9.76. The first kappa shape index (κ1) is 20.9. The Balaban J connectivity index is 1.74. The first-order chi connectivity index (χ1) is 14.4. The molecule has 8 nitrogen and oxygen atoms in total. The molecule has 2 aromatic carbocycles. The number of ether oxygens (including phenoxy) is 1. The molecule has 1 aromatic heterocycles. The van der Waals surface area contributed by atoms with Crippen LogP contribution in [0.3, 0.4) is 0 Å². The number of anilines is 1. The fourth-order valence-electron chi connectivity index (χ4n) is 3.35. The van der Waals surface area contributed by atoms with Gasteiger partial charge in [0.2, 0.25) is 0 Å². The molecule has 0 spiro atoms. The van der Waals surface area contributed by atoms with Crippen molar-refractivity contribution in [2.75, 3.05) is 24.5 Å². The van der Waals surface area contributed by atoms with Crippen LogP contribution in [0.25, 0.3) is 11.0 Å². The van der Waals surface area contributed by atoms with E-state index in [1.165, 1.54) is 18.5 Å². The predicted octanol–water partition coefficient (Wildman–Crippen LogP) is 2.90. The number of benzene rings is 2. The van der Waals surface area contributed by atoms with Crippen molar-refractivity contribution < 1.29 is 17.9 Å². The molecule has 30 heavy (non-hydrogen) atoms. The lowest BCUT2D eigenvalue weighted by atomic mass is 10.1. The fraction of sp³-hybridized carbons (Fsp3) is 0.250. The Labute approximate surface area is 187 Å². The van der Waals surface area contributed by atoms with Gasteiger partial charge in [0.1, 0.15) is 10.4 Å². The summed E-state index contributed by atoms with van der Waals surface area (Å²) in [5.41, 5.74) is 1.26. The maximum Gasteiger partial charge on any atom is 0.264 e. The van der Waals surface area contributed by atoms with Crippen LogP contribution in [0.5, 0.6) is 0 Å². The zero-order valence-electron chi connectivity index (χ0n) is 16.1. The standard InChI is InChI=1S/C20H19IN4O4S/c1-13-12-29-10-9-25(13)20(26)15-6-5-14(21)11-17(15)24-30(27,28)18-4-2-3-16-19(18)23-8-7-22-16/h2-8,11,13,24H,9-10,12H2,1H3/t13-/m1/s1. The van der Waals surface area contributed by atoms with Gasteiger partial charge in [0.25, 0.3) is 15.9 Å². The van der Waals surface area contributed by atoms with Gasteiger partial charge >= 0.3 is 0 Å². The number of halogens is 1. The smallest absolute Gasteiger partial charge is 0.264 e. The van der Waals surface area contributed by atoms with Crippen LogP contribution in [0, 0.1) is 3.57 Å². The maximum atomic E-state index is 13.2. The van der Waals surface area contributed by atoms with E-state index in [0.717, 1.165) is 3.57 Å². The molecule has 156 valence electrons. The molecule has 1 N–H and O–H groups in total. The summed E-state index contributed by atoms with van der Waals surface area (Å²) in [6.07, 6.45) is 2.95. The Morgan fingerprint density at radius 3 is 2.83 bits per heavy atom. The number of nitrogens with one attached hydrogen (secondary N) is 1. The Hall–Kier alpha value is -2.31. The number of aromatic nitrogens is 2. The van der Waals surface area contributed by atoms with Gasteiger partial charge in [-0.15, -0.1) is 0 Å². The second kappa shape index (κ2) is 8.44. The van der Waals surface area contributed by atoms with Crippen molar-refractivity contribution >= 4 is 55.2 Å². The third-order valence-electron chi connectivity index (χ3n) is 4.84. The average molecular weight is 538 g/mol. The van der Waals surface area contributed by atoms with E-state index in [0.29, 0.717) is 30.8 Å². The summed E-state index contributed by atoms with van der Waals surface area (Å²) >= 11 is 2.08. The minimum Gasteiger partial charge on any atom is -0.377 e. The maximum absolute atomic E-state index is 13.2. The van der Waals surface area contributed by atoms with E-state index < -0.39 is 10.0 Å². The van der Waals surface area contributed by atoms with Gasteiger partial charge < -0.3 is 9.64 Å². The largest absolute Gasteiger partial charge is 0.377 e. The number of amides is 1. The number of nitrogens with zero attached hydrogens (tertiary/aromatic N) is 3. The third-order valence-corrected chi connectivity index (χ3v) is 6.90. The lowest BCUT2D eigenvalue weighted by molar-refractivity contribution is 0.00365. The van der Waals surface area contributed by atoms with Crippen LogP contribution in [-0.4, -0.2) is 55.0 Å². The molecule has 1 fully saturated rings. The van der Waals surface area contributed by atoms with E-state index in [4.69, 9.17) is 4.74 Å². The lowest BCUT2D eigenvalue weighted by Gasteiger charge is -2.33. The summed E-state index contributed by atoms with van der Waals surface area (Å²) in [5.74, 6) is -0.238. The molecule has 1 saturated heterocycles. The molecule has 0 bridgehead atoms. The molecule has 0 saturated carbocycles. The van der Waals surface area contributed by atoms with Crippen molar-refractivity contribution in [1.82, 2.24) is 14.9 Å². The van der Waals surface area contributed by atoms with Crippen LogP contribution >= 0.6 is 22.6 Å². The van der Waals surface area contributed by atoms with Crippen LogP contribution in [0.15, 0.2) is 53.7 Å². The zero-order chi connectivity index (χ0) is 21.3. The van der Waals surface area contributed by atoms with Gasteiger partial charge in [-0.05, 0) is 59.8 Å². The Bertz CT molecular complexity index is 1210. The molecule has 0 aliphatic carbocycles. The number of carbonyl (C=O) groups excluding carboxylic acids is 1. The molecule has 3 aromatic rings. The highest BCUT2D eigenvalue weighted by molar-refractivity contribution is 14.1. The van der Waals surface area contributed by atoms with Crippen LogP contribution in [0.2, 0.25) is 0 Å². The van der Waals surface area contributed by atoms with Crippen molar-refractivity contribution in [3.8, 4) is 0 Å². The van der Waals surface area contributed by atoms with E-state index >= 15 is 0 Å². The minimum atomic E-state index is -4.01. The molecule has 1 amide bonds. The quantitative estimate of drug-likeness (QED) is 0.513. The molecule has 4 rings (SSSR count). The van der Waals surface area contributed by atoms with Crippen molar-refractivity contribution in [3.05, 3.63) is 57.9 Å². The highest BCUT2D eigenvalue weighted by Crippen LogP contribution is 2.27. The molecule has 2 heterocycles. The minimum absolute atomic E-state index is 0.00472. The Morgan fingerprint density at radius 2 is 2.03 bits per heavy atom. The van der Waals surface area contributed by atoms with Crippen LogP contribution in [0.4, 0.5) is 5.69 Å². The second-order valence-corrected chi connectivity index (χ2v) is 9.79. The normalized spacial score (nSPS) is 17.1. The number of carbonyl (C=O) groups is 1. The van der Waals surface area contributed by atoms with Crippen LogP contribution in [-0.2, 0) is 14.8 Å². The summed E-state index contributed by atoms with van der Waals surface area (Å²) in [4.78, 5) is 23.2. The van der Waals surface area contributed by atoms with Crippen molar-refractivity contribution in [1.29, 1.82) is 0 Å². The van der Waals surface area contributed by atoms with Crippen molar-refractivity contribution in [2.45, 2.75) is 17.9 Å². The highest BCUT2D eigenvalue weighted by atomic mass is 127. The molecule has 1 atom stereocenters. The number of sulfonamides is 1. The molecule has 0 radical (unpaired) electrons. The first-order valence-electron chi connectivity index (χ1n) is 9.27. The summed E-state index contributed by atoms with van der Waals surface area (Å²) in [7, 11) is -4.01. The van der Waals surface area contributed by atoms with E-state index in [9.17, 15) is 13.2 Å². The van der Waals surface area contributed by atoms with E-state index in [2.05, 4.69) is 37.3 Å². The number of morpholine rings is 1. The van der Waals surface area contributed by atoms with Gasteiger partial charge in [-0.1, -0.05) is 6.07 Å². The molecular weight excluding hydrogens is 519 g/mol. The summed E-state index contributed by atoms with van der Waals surface area (Å²) in [5, 5.41) is 0. The number of rotatable bonds is 4. The summed E-state index contributed by atoms with van der Waals surface area (Å²) < 4.78 is 35.2. The van der Waals surface area contributed by atoms with E-state index in [1.54, 1.807) is 35.2 Å². The average Bonchev–Trinajstić information content (AvgIpc) is 2.73. The SMILES string of the molecule is C[C@@H]1COCCN1C(=O)c1ccc(I)cc1NS(=O)(=O)c1cccc2nccnc12. The lowest BCUT2D eigenvalue weighted by Crippen LogP contribution is -2.47. The second-order valence-electron chi connectivity index (χ2n) is 6.90. The monoisotopic (exact) mass is 538 g/mol. The first-order valence-corrected chi connectivity index (χ1v) is 11.8. The molecule has 1 aliphatic heterocycles. The molecule has 1 aliphatic rings. The Morgan fingerprint density at radius 1 is 1.23 bits per heavy atom. The topological polar surface area (TPSA) is 101 Å². The van der Waals surface area contributed by atoms with Crippen molar-refractivity contribution in [3.63, 3.8) is 0 Å². The number of fused-ring (bicyclic) bond motifs is 1. The van der Waals surface area contributed by atoms with E-state index in [-0.39, 0.29) is 28.0 Å². The predicted molar refractivity (Wildman–Crippen MR) is 121 cm³/mol. The van der Waals surface area contributed by atoms with Crippen LogP contribution in [0.1, 0.15) is 17.3 Å². The third kappa shape index (κ3) is 4.12. The highest BCUT2D eigenvalue weighted by Gasteiger charge is 2.28. The zero-order valence-corrected chi connectivity index (χ0v) is 19.1. The molecule has 0 unspecified atom stereocenters. The van der Waals surface area contributed by atoms with Gasteiger partial charge in [0.05, 0.1) is 36.0 Å². The van der Waals surface area contributed by atoms with Gasteiger partial charge in [-0.3, -0.25) is 19.5 Å². The van der Waals surface area contributed by atoms with Gasteiger partial charge in [-0.25, -0.2) is 8.42 Å². The molecular formula is C20H19IN4O4S. The van der Waals surface area contributed by atoms with Gasteiger partial charge in [-0.2, -0.15) is 0 Å². The Kier molecular flexibility index (Phi) is 5.89. The number of para-hydroxylation sites is 1. The van der Waals surface area contributed by atoms with E-state index in [1.807, 2.05) is 6.92 Å². The number of hydrogen-bond acceptors (Lipinski definition) is 6.